The number of nitrogens with two attached hydrogens (primary N) is 1. The van der Waals surface area contributed by atoms with Crippen molar-refractivity contribution in [2.24, 2.45) is 0 Å². The fourth-order valence-electron chi connectivity index (χ4n) is 2.75. The molecule has 20 heavy (non-hydrogen) atoms. The van der Waals surface area contributed by atoms with E-state index < -0.39 is 11.6 Å². The first-order valence-electron chi connectivity index (χ1n) is 6.77. The molecule has 0 amide bonds. The molecule has 0 aliphatic carbocycles. The normalized spacial score (nSPS) is 14.8. The van der Waals surface area contributed by atoms with Gasteiger partial charge in [-0.3, -0.25) is 0 Å². The van der Waals surface area contributed by atoms with E-state index in [4.69, 9.17) is 5.73 Å². The fraction of sp³-hybridized carbons (Fsp3) is 0.250. The van der Waals surface area contributed by atoms with E-state index in [1.54, 1.807) is 4.90 Å². The summed E-state index contributed by atoms with van der Waals surface area (Å²) in [6.07, 6.45) is 2.90. The first-order chi connectivity index (χ1) is 9.68. The van der Waals surface area contributed by atoms with Crippen LogP contribution in [0.3, 0.4) is 0 Å². The Kier molecular flexibility index (Phi) is 3.30. The van der Waals surface area contributed by atoms with Crippen LogP contribution in [-0.2, 0) is 6.42 Å². The van der Waals surface area contributed by atoms with Gasteiger partial charge in [0, 0.05) is 12.2 Å². The Morgan fingerprint density at radius 2 is 1.80 bits per heavy atom. The van der Waals surface area contributed by atoms with Gasteiger partial charge >= 0.3 is 0 Å². The van der Waals surface area contributed by atoms with E-state index in [0.717, 1.165) is 36.6 Å². The second-order valence-electron chi connectivity index (χ2n) is 5.04. The van der Waals surface area contributed by atoms with Gasteiger partial charge in [-0.05, 0) is 43.0 Å². The number of benzene rings is 2. The number of aryl methyl sites for hydroxylation is 1. The second-order valence-corrected chi connectivity index (χ2v) is 5.04. The quantitative estimate of drug-likeness (QED) is 0.796. The molecule has 1 aliphatic rings. The van der Waals surface area contributed by atoms with E-state index >= 15 is 0 Å². The summed E-state index contributed by atoms with van der Waals surface area (Å²) < 4.78 is 27.7. The lowest BCUT2D eigenvalue weighted by Crippen LogP contribution is -2.21. The number of nitrogen functional groups attached to an aromatic ring is 1. The van der Waals surface area contributed by atoms with Crippen LogP contribution in [0, 0.1) is 11.6 Å². The zero-order chi connectivity index (χ0) is 14.1. The van der Waals surface area contributed by atoms with E-state index in [-0.39, 0.29) is 11.4 Å². The van der Waals surface area contributed by atoms with Crippen LogP contribution >= 0.6 is 0 Å². The molecule has 0 radical (unpaired) electrons. The van der Waals surface area contributed by atoms with Crippen molar-refractivity contribution < 1.29 is 8.78 Å². The first kappa shape index (κ1) is 12.9. The molecule has 1 heterocycles. The zero-order valence-corrected chi connectivity index (χ0v) is 11.1. The Morgan fingerprint density at radius 1 is 1.00 bits per heavy atom. The van der Waals surface area contributed by atoms with Crippen LogP contribution in [0.1, 0.15) is 18.4 Å². The number of para-hydroxylation sites is 1. The van der Waals surface area contributed by atoms with Crippen molar-refractivity contribution in [1.82, 2.24) is 0 Å². The summed E-state index contributed by atoms with van der Waals surface area (Å²) in [6.45, 7) is 0.640. The summed E-state index contributed by atoms with van der Waals surface area (Å²) in [4.78, 5) is 1.80. The summed E-state index contributed by atoms with van der Waals surface area (Å²) in [6, 6.07) is 10.3. The largest absolute Gasteiger partial charge is 0.397 e. The number of anilines is 3. The van der Waals surface area contributed by atoms with Crippen LogP contribution in [0.15, 0.2) is 36.4 Å². The fourth-order valence-corrected chi connectivity index (χ4v) is 2.75. The van der Waals surface area contributed by atoms with E-state index in [2.05, 4.69) is 0 Å². The molecular formula is C16H16F2N2. The molecule has 4 heteroatoms. The van der Waals surface area contributed by atoms with E-state index in [1.807, 2.05) is 24.3 Å². The Morgan fingerprint density at radius 3 is 2.65 bits per heavy atom. The third-order valence-corrected chi connectivity index (χ3v) is 3.73. The maximum absolute atomic E-state index is 14.2. The highest BCUT2D eigenvalue weighted by atomic mass is 19.2. The highest BCUT2D eigenvalue weighted by Crippen LogP contribution is 2.37. The van der Waals surface area contributed by atoms with Gasteiger partial charge in [0.2, 0.25) is 0 Å². The Hall–Kier alpha value is -2.10. The van der Waals surface area contributed by atoms with Crippen LogP contribution in [-0.4, -0.2) is 6.54 Å². The lowest BCUT2D eigenvalue weighted by Gasteiger charge is -2.26. The van der Waals surface area contributed by atoms with Crippen LogP contribution in [0.25, 0.3) is 0 Å². The molecule has 2 aromatic rings. The maximum atomic E-state index is 14.2. The summed E-state index contributed by atoms with van der Waals surface area (Å²) in [5, 5.41) is 0. The predicted molar refractivity (Wildman–Crippen MR) is 77.2 cm³/mol. The minimum atomic E-state index is -0.873. The highest BCUT2D eigenvalue weighted by Gasteiger charge is 2.23. The van der Waals surface area contributed by atoms with E-state index in [1.165, 1.54) is 6.07 Å². The zero-order valence-electron chi connectivity index (χ0n) is 11.1. The van der Waals surface area contributed by atoms with Gasteiger partial charge in [0.25, 0.3) is 0 Å². The minimum Gasteiger partial charge on any atom is -0.397 e. The molecule has 0 bridgehead atoms. The molecule has 0 saturated heterocycles. The molecule has 0 atom stereocenters. The topological polar surface area (TPSA) is 29.3 Å². The molecular weight excluding hydrogens is 258 g/mol. The van der Waals surface area contributed by atoms with Crippen molar-refractivity contribution in [1.29, 1.82) is 0 Å². The predicted octanol–water partition coefficient (Wildman–Crippen LogP) is 4.02. The van der Waals surface area contributed by atoms with Gasteiger partial charge in [0.05, 0.1) is 5.69 Å². The second kappa shape index (κ2) is 5.12. The highest BCUT2D eigenvalue weighted by molar-refractivity contribution is 5.77. The summed E-state index contributed by atoms with van der Waals surface area (Å²) in [5.74, 6) is -1.74. The Balaban J connectivity index is 2.17. The molecule has 0 fully saturated rings. The third kappa shape index (κ3) is 2.11. The first-order valence-corrected chi connectivity index (χ1v) is 6.77. The molecule has 0 spiro atoms. The number of nitrogens with zero attached hydrogens (tertiary/aromatic N) is 1. The molecule has 3 rings (SSSR count). The van der Waals surface area contributed by atoms with Gasteiger partial charge in [-0.1, -0.05) is 18.2 Å². The van der Waals surface area contributed by atoms with Crippen LogP contribution in [0.5, 0.6) is 0 Å². The van der Waals surface area contributed by atoms with Crippen LogP contribution in [0.4, 0.5) is 25.8 Å². The monoisotopic (exact) mass is 274 g/mol. The molecule has 0 unspecified atom stereocenters. The summed E-state index contributed by atoms with van der Waals surface area (Å²) in [5.41, 5.74) is 8.36. The molecule has 2 aromatic carbocycles. The number of rotatable bonds is 1. The van der Waals surface area contributed by atoms with Crippen molar-refractivity contribution >= 4 is 17.1 Å². The summed E-state index contributed by atoms with van der Waals surface area (Å²) >= 11 is 0. The van der Waals surface area contributed by atoms with E-state index in [9.17, 15) is 8.78 Å². The SMILES string of the molecule is Nc1ccc(F)c(F)c1N1CCCCc2ccccc21. The van der Waals surface area contributed by atoms with Crippen molar-refractivity contribution in [2.75, 3.05) is 17.2 Å². The standard InChI is InChI=1S/C16H16F2N2/c17-12-8-9-13(19)16(15(12)18)20-10-4-3-6-11-5-1-2-7-14(11)20/h1-2,5,7-9H,3-4,6,10,19H2. The van der Waals surface area contributed by atoms with Crippen LogP contribution in [0.2, 0.25) is 0 Å². The average molecular weight is 274 g/mol. The van der Waals surface area contributed by atoms with Crippen molar-refractivity contribution in [2.45, 2.75) is 19.3 Å². The van der Waals surface area contributed by atoms with Crippen molar-refractivity contribution in [3.63, 3.8) is 0 Å². The van der Waals surface area contributed by atoms with Crippen molar-refractivity contribution in [3.8, 4) is 0 Å². The molecule has 0 saturated carbocycles. The third-order valence-electron chi connectivity index (χ3n) is 3.73. The van der Waals surface area contributed by atoms with Crippen molar-refractivity contribution in [3.05, 3.63) is 53.6 Å². The molecule has 1 aliphatic heterocycles. The maximum Gasteiger partial charge on any atom is 0.184 e. The molecule has 2 nitrogen and oxygen atoms in total. The van der Waals surface area contributed by atoms with Crippen LogP contribution < -0.4 is 10.6 Å². The number of fused-ring (bicyclic) bond motifs is 1. The number of hydrogen-bond donors (Lipinski definition) is 1. The average Bonchev–Trinajstić information content (AvgIpc) is 2.67. The van der Waals surface area contributed by atoms with Gasteiger partial charge in [0.15, 0.2) is 11.6 Å². The smallest absolute Gasteiger partial charge is 0.184 e. The number of hydrogen-bond acceptors (Lipinski definition) is 2. The number of halogens is 2. The van der Waals surface area contributed by atoms with E-state index in [0.29, 0.717) is 6.54 Å². The van der Waals surface area contributed by atoms with Gasteiger partial charge < -0.3 is 10.6 Å². The molecule has 2 N–H and O–H groups in total. The molecule has 0 aromatic heterocycles. The summed E-state index contributed by atoms with van der Waals surface area (Å²) in [7, 11) is 0. The van der Waals surface area contributed by atoms with Gasteiger partial charge in [-0.2, -0.15) is 0 Å². The van der Waals surface area contributed by atoms with Gasteiger partial charge in [0.1, 0.15) is 5.69 Å². The van der Waals surface area contributed by atoms with Gasteiger partial charge in [-0.25, -0.2) is 8.78 Å². The molecule has 104 valence electrons. The Labute approximate surface area is 116 Å². The van der Waals surface area contributed by atoms with Gasteiger partial charge in [-0.15, -0.1) is 0 Å². The Bertz CT molecular complexity index is 640. The lowest BCUT2D eigenvalue weighted by molar-refractivity contribution is 0.509. The lowest BCUT2D eigenvalue weighted by atomic mass is 10.1. The minimum absolute atomic E-state index is 0.152.